The molecule has 0 unspecified atom stereocenters. The molecule has 33 heavy (non-hydrogen) atoms. The maximum Gasteiger partial charge on any atom is 0.104 e. The topological polar surface area (TPSA) is 40.5 Å². The van der Waals surface area contributed by atoms with E-state index in [0.29, 0.717) is 0 Å². The Morgan fingerprint density at radius 3 is 1.64 bits per heavy atom. The second kappa shape index (κ2) is 22.9. The summed E-state index contributed by atoms with van der Waals surface area (Å²) in [5.41, 5.74) is 1.29. The van der Waals surface area contributed by atoms with Crippen molar-refractivity contribution < 1.29 is 27.1 Å². The SMILES string of the molecule is CCCCCCCCC=CCCCCCCCC[N+](CCO)(CCO)Cc1ccccc1.[Cl-]. The van der Waals surface area contributed by atoms with Crippen molar-refractivity contribution in [2.75, 3.05) is 32.8 Å². The van der Waals surface area contributed by atoms with E-state index in [4.69, 9.17) is 0 Å². The van der Waals surface area contributed by atoms with Gasteiger partial charge in [0.1, 0.15) is 19.6 Å². The predicted octanol–water partition coefficient (Wildman–Crippen LogP) is 4.03. The molecule has 0 aliphatic rings. The van der Waals surface area contributed by atoms with Gasteiger partial charge in [-0.05, 0) is 38.5 Å². The average Bonchev–Trinajstić information content (AvgIpc) is 2.80. The van der Waals surface area contributed by atoms with Gasteiger partial charge in [0.2, 0.25) is 0 Å². The number of benzene rings is 1. The molecular formula is C29H52ClNO2. The third-order valence-corrected chi connectivity index (χ3v) is 6.65. The van der Waals surface area contributed by atoms with E-state index in [1.807, 2.05) is 6.07 Å². The van der Waals surface area contributed by atoms with Crippen LogP contribution >= 0.6 is 0 Å². The van der Waals surface area contributed by atoms with Crippen molar-refractivity contribution in [2.24, 2.45) is 0 Å². The number of hydrogen-bond donors (Lipinski definition) is 2. The molecule has 0 aliphatic carbocycles. The van der Waals surface area contributed by atoms with Gasteiger partial charge in [0, 0.05) is 5.56 Å². The smallest absolute Gasteiger partial charge is 0.104 e. The Balaban J connectivity index is 0.0000102. The van der Waals surface area contributed by atoms with Gasteiger partial charge in [-0.1, -0.05) is 101 Å². The average molecular weight is 482 g/mol. The largest absolute Gasteiger partial charge is 1.00 e. The summed E-state index contributed by atoms with van der Waals surface area (Å²) >= 11 is 0. The van der Waals surface area contributed by atoms with E-state index < -0.39 is 0 Å². The summed E-state index contributed by atoms with van der Waals surface area (Å²) in [6.45, 7) is 6.02. The van der Waals surface area contributed by atoms with Crippen molar-refractivity contribution in [2.45, 2.75) is 103 Å². The fraction of sp³-hybridized carbons (Fsp3) is 0.724. The first kappa shape index (κ1) is 32.1. The van der Waals surface area contributed by atoms with E-state index in [-0.39, 0.29) is 25.6 Å². The van der Waals surface area contributed by atoms with Gasteiger partial charge in [-0.25, -0.2) is 0 Å². The molecule has 0 saturated carbocycles. The Bertz CT molecular complexity index is 544. The van der Waals surface area contributed by atoms with Crippen molar-refractivity contribution in [3.05, 3.63) is 48.0 Å². The van der Waals surface area contributed by atoms with Gasteiger partial charge in [-0.15, -0.1) is 0 Å². The molecule has 0 amide bonds. The Morgan fingerprint density at radius 1 is 0.636 bits per heavy atom. The lowest BCUT2D eigenvalue weighted by Gasteiger charge is -2.38. The van der Waals surface area contributed by atoms with Crippen molar-refractivity contribution >= 4 is 0 Å². The minimum Gasteiger partial charge on any atom is -1.00 e. The number of nitrogens with zero attached hydrogens (tertiary/aromatic N) is 1. The third kappa shape index (κ3) is 17.3. The number of hydrogen-bond acceptors (Lipinski definition) is 2. The van der Waals surface area contributed by atoms with E-state index in [1.165, 1.54) is 95.5 Å². The summed E-state index contributed by atoms with van der Waals surface area (Å²) in [5.74, 6) is 0. The van der Waals surface area contributed by atoms with Crippen LogP contribution < -0.4 is 12.4 Å². The number of aliphatic hydroxyl groups is 2. The number of rotatable bonds is 22. The third-order valence-electron chi connectivity index (χ3n) is 6.65. The molecule has 2 N–H and O–H groups in total. The zero-order valence-electron chi connectivity index (χ0n) is 21.4. The Morgan fingerprint density at radius 2 is 1.12 bits per heavy atom. The first-order valence-corrected chi connectivity index (χ1v) is 13.5. The van der Waals surface area contributed by atoms with Crippen LogP contribution in [-0.2, 0) is 6.54 Å². The molecule has 0 aromatic heterocycles. The van der Waals surface area contributed by atoms with E-state index in [1.54, 1.807) is 0 Å². The zero-order chi connectivity index (χ0) is 23.2. The molecule has 0 bridgehead atoms. The molecule has 0 aliphatic heterocycles. The van der Waals surface area contributed by atoms with Gasteiger partial charge in [-0.3, -0.25) is 0 Å². The minimum atomic E-state index is 0. The van der Waals surface area contributed by atoms with Crippen molar-refractivity contribution in [1.82, 2.24) is 0 Å². The van der Waals surface area contributed by atoms with Crippen LogP contribution in [0.2, 0.25) is 0 Å². The van der Waals surface area contributed by atoms with E-state index >= 15 is 0 Å². The van der Waals surface area contributed by atoms with Gasteiger partial charge in [0.25, 0.3) is 0 Å². The molecule has 0 saturated heterocycles. The number of quaternary nitrogens is 1. The quantitative estimate of drug-likeness (QED) is 0.149. The van der Waals surface area contributed by atoms with Crippen LogP contribution in [0.15, 0.2) is 42.5 Å². The van der Waals surface area contributed by atoms with Gasteiger partial charge in [0.15, 0.2) is 0 Å². The van der Waals surface area contributed by atoms with Gasteiger partial charge < -0.3 is 27.1 Å². The molecule has 3 nitrogen and oxygen atoms in total. The molecule has 0 heterocycles. The number of halogens is 1. The molecule has 0 spiro atoms. The number of unbranched alkanes of at least 4 members (excludes halogenated alkanes) is 12. The second-order valence-electron chi connectivity index (χ2n) is 9.54. The monoisotopic (exact) mass is 481 g/mol. The van der Waals surface area contributed by atoms with Crippen LogP contribution in [0.5, 0.6) is 0 Å². The van der Waals surface area contributed by atoms with Gasteiger partial charge >= 0.3 is 0 Å². The van der Waals surface area contributed by atoms with Crippen molar-refractivity contribution in [1.29, 1.82) is 0 Å². The summed E-state index contributed by atoms with van der Waals surface area (Å²) in [6.07, 6.45) is 23.3. The molecule has 0 atom stereocenters. The van der Waals surface area contributed by atoms with E-state index in [2.05, 4.69) is 43.3 Å². The Kier molecular flexibility index (Phi) is 22.3. The maximum absolute atomic E-state index is 9.64. The van der Waals surface area contributed by atoms with Crippen LogP contribution in [0.3, 0.4) is 0 Å². The molecule has 192 valence electrons. The van der Waals surface area contributed by atoms with Crippen molar-refractivity contribution in [3.63, 3.8) is 0 Å². The van der Waals surface area contributed by atoms with Crippen LogP contribution in [0, 0.1) is 0 Å². The lowest BCUT2D eigenvalue weighted by atomic mass is 10.1. The molecule has 1 aromatic rings. The first-order chi connectivity index (χ1) is 15.8. The maximum atomic E-state index is 9.64. The van der Waals surface area contributed by atoms with Crippen LogP contribution in [0.1, 0.15) is 102 Å². The molecule has 1 aromatic carbocycles. The number of allylic oxidation sites excluding steroid dienone is 2. The molecule has 0 fully saturated rings. The lowest BCUT2D eigenvalue weighted by molar-refractivity contribution is -0.941. The summed E-state index contributed by atoms with van der Waals surface area (Å²) in [7, 11) is 0. The Labute approximate surface area is 211 Å². The highest BCUT2D eigenvalue weighted by Crippen LogP contribution is 2.18. The predicted molar refractivity (Wildman–Crippen MR) is 139 cm³/mol. The number of aliphatic hydroxyl groups excluding tert-OH is 2. The van der Waals surface area contributed by atoms with Crippen LogP contribution in [0.4, 0.5) is 0 Å². The lowest BCUT2D eigenvalue weighted by Crippen LogP contribution is -3.00. The highest BCUT2D eigenvalue weighted by molar-refractivity contribution is 5.13. The van der Waals surface area contributed by atoms with Gasteiger partial charge in [0.05, 0.1) is 19.8 Å². The fourth-order valence-corrected chi connectivity index (χ4v) is 4.66. The molecular weight excluding hydrogens is 430 g/mol. The molecule has 1 rings (SSSR count). The summed E-state index contributed by atoms with van der Waals surface area (Å²) in [5, 5.41) is 19.3. The summed E-state index contributed by atoms with van der Waals surface area (Å²) < 4.78 is 0.792. The Hall–Kier alpha value is -0.870. The molecule has 4 heteroatoms. The van der Waals surface area contributed by atoms with Crippen LogP contribution in [0.25, 0.3) is 0 Å². The van der Waals surface area contributed by atoms with E-state index in [0.717, 1.165) is 30.7 Å². The standard InChI is InChI=1S/C29H52NO2.ClH/c1-2-3-4-5-6-7-8-9-10-11-12-13-14-15-16-20-23-30(24-26-31,25-27-32)28-29-21-18-17-19-22-29;/h9-10,17-19,21-22,31-32H,2-8,11-16,20,23-28H2,1H3;1H/q+1;/p-1. The highest BCUT2D eigenvalue weighted by Gasteiger charge is 2.26. The fourth-order valence-electron chi connectivity index (χ4n) is 4.66. The summed E-state index contributed by atoms with van der Waals surface area (Å²) in [6, 6.07) is 10.5. The van der Waals surface area contributed by atoms with Gasteiger partial charge in [-0.2, -0.15) is 0 Å². The van der Waals surface area contributed by atoms with Crippen molar-refractivity contribution in [3.8, 4) is 0 Å². The summed E-state index contributed by atoms with van der Waals surface area (Å²) in [4.78, 5) is 0. The van der Waals surface area contributed by atoms with Crippen LogP contribution in [-0.4, -0.2) is 47.5 Å². The normalized spacial score (nSPS) is 11.7. The highest BCUT2D eigenvalue weighted by atomic mass is 35.5. The first-order valence-electron chi connectivity index (χ1n) is 13.5. The van der Waals surface area contributed by atoms with E-state index in [9.17, 15) is 10.2 Å². The second-order valence-corrected chi connectivity index (χ2v) is 9.54. The minimum absolute atomic E-state index is 0. The zero-order valence-corrected chi connectivity index (χ0v) is 22.2. The molecule has 0 radical (unpaired) electrons.